The molecule has 2 heteroatoms. The first kappa shape index (κ1) is 16.0. The van der Waals surface area contributed by atoms with Gasteiger partial charge in [0.05, 0.1) is 0 Å². The van der Waals surface area contributed by atoms with Crippen LogP contribution in [0.1, 0.15) is 0 Å². The molecule has 1 N–H and O–H groups in total. The van der Waals surface area contributed by atoms with Crippen LogP contribution in [-0.2, 0) is 19.5 Å². The molecule has 0 aromatic carbocycles. The van der Waals surface area contributed by atoms with Crippen molar-refractivity contribution in [2.45, 2.75) is 0 Å². The summed E-state index contributed by atoms with van der Waals surface area (Å²) in [5, 5.41) is 0. The van der Waals surface area contributed by atoms with Gasteiger partial charge in [-0.1, -0.05) is 0 Å². The predicted octanol–water partition coefficient (Wildman–Crippen LogP) is 0.926. The summed E-state index contributed by atoms with van der Waals surface area (Å²) in [6.07, 6.45) is 0. The average molecular weight is 137 g/mol. The van der Waals surface area contributed by atoms with Crippen LogP contribution in [0.15, 0.2) is 0 Å². The van der Waals surface area contributed by atoms with E-state index in [-0.39, 0.29) is 30.9 Å². The smallest absolute Gasteiger partial charge is 0 e. The Balaban J connectivity index is -0.0000000450. The standard InChI is InChI=1S/C4H7.H2O.Zn/c1-4(2)3;;/h4H,1-3H2;1H2;/q-3;;/p-1. The van der Waals surface area contributed by atoms with Gasteiger partial charge >= 0.3 is 0 Å². The molecule has 0 rings (SSSR count). The van der Waals surface area contributed by atoms with E-state index in [0.29, 0.717) is 0 Å². The molecule has 6 heavy (non-hydrogen) atoms. The zero-order chi connectivity index (χ0) is 3.58. The largest absolute Gasteiger partial charge is 0.870 e. The van der Waals surface area contributed by atoms with Crippen molar-refractivity contribution in [3.8, 4) is 0 Å². The molecule has 0 aliphatic rings. The second-order valence-corrected chi connectivity index (χ2v) is 0.866. The van der Waals surface area contributed by atoms with Gasteiger partial charge in [0.2, 0.25) is 0 Å². The first-order chi connectivity index (χ1) is 1.73. The Bertz CT molecular complexity index is 12.3. The Morgan fingerprint density at radius 2 is 1.00 bits per heavy atom. The molecule has 1 nitrogen and oxygen atoms in total. The number of rotatable bonds is 0. The first-order valence-electron chi connectivity index (χ1n) is 1.22. The minimum absolute atomic E-state index is 0. The molecular formula is C4H8OZn-4. The first-order valence-corrected chi connectivity index (χ1v) is 1.22. The molecule has 0 amide bonds. The third-order valence-corrected chi connectivity index (χ3v) is 0. The van der Waals surface area contributed by atoms with Crippen molar-refractivity contribution in [3.05, 3.63) is 20.8 Å². The molecule has 0 unspecified atom stereocenters. The minimum Gasteiger partial charge on any atom is -0.870 e. The molecule has 0 aliphatic heterocycles. The molecule has 0 saturated carbocycles. The Labute approximate surface area is 52.2 Å². The maximum absolute atomic E-state index is 3.42. The van der Waals surface area contributed by atoms with Crippen molar-refractivity contribution in [1.82, 2.24) is 0 Å². The van der Waals surface area contributed by atoms with Crippen LogP contribution in [0, 0.1) is 26.7 Å². The Kier molecular flexibility index (Phi) is 24.3. The van der Waals surface area contributed by atoms with E-state index < -0.39 is 0 Å². The molecule has 0 spiro atoms. The summed E-state index contributed by atoms with van der Waals surface area (Å²) in [5.41, 5.74) is 0. The fourth-order valence-electron chi connectivity index (χ4n) is 0. The Morgan fingerprint density at radius 1 is 1.00 bits per heavy atom. The second-order valence-electron chi connectivity index (χ2n) is 0.866. The third kappa shape index (κ3) is 173. The van der Waals surface area contributed by atoms with Crippen LogP contribution < -0.4 is 0 Å². The van der Waals surface area contributed by atoms with Gasteiger partial charge in [-0.25, -0.2) is 0 Å². The maximum atomic E-state index is 3.42. The Morgan fingerprint density at radius 3 is 1.00 bits per heavy atom. The van der Waals surface area contributed by atoms with Crippen molar-refractivity contribution in [2.24, 2.45) is 5.92 Å². The van der Waals surface area contributed by atoms with Crippen molar-refractivity contribution >= 4 is 0 Å². The van der Waals surface area contributed by atoms with Crippen molar-refractivity contribution in [1.29, 1.82) is 0 Å². The monoisotopic (exact) mass is 136 g/mol. The van der Waals surface area contributed by atoms with E-state index in [1.54, 1.807) is 0 Å². The molecule has 0 radical (unpaired) electrons. The van der Waals surface area contributed by atoms with Gasteiger partial charge < -0.3 is 32.2 Å². The molecule has 0 bridgehead atoms. The van der Waals surface area contributed by atoms with E-state index >= 15 is 0 Å². The molecule has 0 aliphatic carbocycles. The van der Waals surface area contributed by atoms with Gasteiger partial charge in [0.1, 0.15) is 0 Å². The molecule has 0 fully saturated rings. The molecular weight excluding hydrogens is 129 g/mol. The summed E-state index contributed by atoms with van der Waals surface area (Å²) >= 11 is 0. The summed E-state index contributed by atoms with van der Waals surface area (Å²) in [4.78, 5) is 0. The zero-order valence-corrected chi connectivity index (χ0v) is 6.82. The predicted molar refractivity (Wildman–Crippen MR) is 21.5 cm³/mol. The van der Waals surface area contributed by atoms with Gasteiger partial charge in [-0.2, -0.15) is 0 Å². The Hall–Kier alpha value is 0.583. The van der Waals surface area contributed by atoms with Crippen LogP contribution in [0.25, 0.3) is 0 Å². The molecule has 36 valence electrons. The van der Waals surface area contributed by atoms with Gasteiger partial charge in [-0.3, -0.25) is 0 Å². The van der Waals surface area contributed by atoms with Crippen molar-refractivity contribution in [2.75, 3.05) is 0 Å². The van der Waals surface area contributed by atoms with E-state index in [1.165, 1.54) is 0 Å². The summed E-state index contributed by atoms with van der Waals surface area (Å²) < 4.78 is 0. The molecule has 0 saturated heterocycles. The SMILES string of the molecule is [CH2-]C([CH2-])[CH2-].[OH-].[Zn]. The van der Waals surface area contributed by atoms with E-state index in [1.807, 2.05) is 0 Å². The van der Waals surface area contributed by atoms with E-state index in [2.05, 4.69) is 20.8 Å². The number of hydrogen-bond donors (Lipinski definition) is 0. The second kappa shape index (κ2) is 9.13. The summed E-state index contributed by atoms with van der Waals surface area (Å²) in [6.45, 7) is 10.2. The summed E-state index contributed by atoms with van der Waals surface area (Å²) in [7, 11) is 0. The quantitative estimate of drug-likeness (QED) is 0.361. The van der Waals surface area contributed by atoms with E-state index in [4.69, 9.17) is 0 Å². The zero-order valence-electron chi connectivity index (χ0n) is 3.85. The molecule has 0 aromatic rings. The van der Waals surface area contributed by atoms with E-state index in [9.17, 15) is 0 Å². The van der Waals surface area contributed by atoms with Crippen molar-refractivity contribution in [3.63, 3.8) is 0 Å². The van der Waals surface area contributed by atoms with Crippen LogP contribution in [-0.4, -0.2) is 5.48 Å². The minimum atomic E-state index is 0. The fraction of sp³-hybridized carbons (Fsp3) is 0.250. The van der Waals surface area contributed by atoms with Crippen LogP contribution in [0.5, 0.6) is 0 Å². The van der Waals surface area contributed by atoms with Gasteiger partial charge in [0.15, 0.2) is 0 Å². The van der Waals surface area contributed by atoms with Gasteiger partial charge in [-0.15, -0.1) is 0 Å². The van der Waals surface area contributed by atoms with Crippen LogP contribution in [0.2, 0.25) is 0 Å². The van der Waals surface area contributed by atoms with Gasteiger partial charge in [0.25, 0.3) is 0 Å². The van der Waals surface area contributed by atoms with Crippen molar-refractivity contribution < 1.29 is 25.0 Å². The maximum Gasteiger partial charge on any atom is 0 e. The summed E-state index contributed by atoms with van der Waals surface area (Å²) in [6, 6.07) is 0. The van der Waals surface area contributed by atoms with Gasteiger partial charge in [-0.05, 0) is 0 Å². The normalized spacial score (nSPS) is 6.00. The fourth-order valence-corrected chi connectivity index (χ4v) is 0. The number of hydrogen-bond acceptors (Lipinski definition) is 1. The van der Waals surface area contributed by atoms with Crippen LogP contribution in [0.3, 0.4) is 0 Å². The molecule has 0 heterocycles. The van der Waals surface area contributed by atoms with Crippen LogP contribution >= 0.6 is 0 Å². The average Bonchev–Trinajstić information content (AvgIpc) is 0.811. The van der Waals surface area contributed by atoms with Crippen LogP contribution in [0.4, 0.5) is 0 Å². The topological polar surface area (TPSA) is 30.0 Å². The van der Waals surface area contributed by atoms with E-state index in [0.717, 1.165) is 0 Å². The molecule has 0 aromatic heterocycles. The summed E-state index contributed by atoms with van der Waals surface area (Å²) in [5.74, 6) is 0.0833. The third-order valence-electron chi connectivity index (χ3n) is 0. The van der Waals surface area contributed by atoms with Gasteiger partial charge in [0, 0.05) is 19.5 Å². The molecule has 0 atom stereocenters.